The van der Waals surface area contributed by atoms with Gasteiger partial charge in [0.25, 0.3) is 0 Å². The molecule has 3 nitrogen and oxygen atoms in total. The number of nitrogens with zero attached hydrogens (tertiary/aromatic N) is 2. The van der Waals surface area contributed by atoms with Crippen molar-refractivity contribution in [1.29, 1.82) is 0 Å². The first-order valence-electron chi connectivity index (χ1n) is 14.4. The van der Waals surface area contributed by atoms with Gasteiger partial charge in [0.05, 0.1) is 16.7 Å². The SMILES string of the molecule is C=C1/C=C\C=C/CN(c2ccc(-c3ccc4c(c3)c3ccccc3n4-c3ccc(F)cc3)cc2)c2c1oc1ccccc21. The van der Waals surface area contributed by atoms with E-state index < -0.39 is 0 Å². The number of anilines is 2. The highest BCUT2D eigenvalue weighted by atomic mass is 19.1. The molecule has 0 unspecified atom stereocenters. The lowest BCUT2D eigenvalue weighted by Crippen LogP contribution is -2.17. The fraction of sp³-hybridized carbons (Fsp3) is 0.0256. The maximum Gasteiger partial charge on any atom is 0.158 e. The van der Waals surface area contributed by atoms with Crippen molar-refractivity contribution in [3.8, 4) is 16.8 Å². The topological polar surface area (TPSA) is 21.3 Å². The highest BCUT2D eigenvalue weighted by Crippen LogP contribution is 2.42. The van der Waals surface area contributed by atoms with Crippen LogP contribution in [0.4, 0.5) is 15.8 Å². The third-order valence-corrected chi connectivity index (χ3v) is 8.23. The number of para-hydroxylation sites is 2. The van der Waals surface area contributed by atoms with Gasteiger partial charge in [-0.15, -0.1) is 0 Å². The molecule has 0 atom stereocenters. The number of halogens is 1. The van der Waals surface area contributed by atoms with E-state index in [1.54, 1.807) is 0 Å². The summed E-state index contributed by atoms with van der Waals surface area (Å²) in [6.07, 6.45) is 8.21. The summed E-state index contributed by atoms with van der Waals surface area (Å²) < 4.78 is 22.2. The minimum atomic E-state index is -0.240. The van der Waals surface area contributed by atoms with Gasteiger partial charge in [0.1, 0.15) is 11.4 Å². The lowest BCUT2D eigenvalue weighted by Gasteiger charge is -2.24. The van der Waals surface area contributed by atoms with Gasteiger partial charge in [-0.25, -0.2) is 4.39 Å². The molecule has 8 rings (SSSR count). The fourth-order valence-electron chi connectivity index (χ4n) is 6.19. The van der Waals surface area contributed by atoms with E-state index in [0.29, 0.717) is 6.54 Å². The molecular weight excluding hydrogens is 531 g/mol. The molecule has 3 heterocycles. The van der Waals surface area contributed by atoms with Crippen molar-refractivity contribution in [1.82, 2.24) is 4.57 Å². The molecule has 7 aromatic rings. The zero-order chi connectivity index (χ0) is 28.9. The number of hydrogen-bond acceptors (Lipinski definition) is 2. The molecule has 0 aliphatic carbocycles. The normalized spacial score (nSPS) is 14.9. The number of hydrogen-bond donors (Lipinski definition) is 0. The predicted molar refractivity (Wildman–Crippen MR) is 177 cm³/mol. The number of rotatable bonds is 3. The summed E-state index contributed by atoms with van der Waals surface area (Å²) in [5.41, 5.74) is 9.18. The first-order valence-corrected chi connectivity index (χ1v) is 14.4. The molecule has 0 N–H and O–H groups in total. The maximum atomic E-state index is 13.7. The fourth-order valence-corrected chi connectivity index (χ4v) is 6.19. The van der Waals surface area contributed by atoms with Crippen molar-refractivity contribution in [3.63, 3.8) is 0 Å². The molecule has 206 valence electrons. The standard InChI is InChI=1S/C39H27FN2O/c1-26-9-3-2-8-24-41(38-33-11-5-7-13-37(33)43-39(26)38)30-19-14-27(15-20-30)28-16-23-36-34(25-28)32-10-4-6-12-35(32)42(36)31-21-17-29(40)18-22-31/h2-23,25H,1,24H2/b8-2-,9-3-. The largest absolute Gasteiger partial charge is 0.454 e. The smallest absolute Gasteiger partial charge is 0.158 e. The van der Waals surface area contributed by atoms with Gasteiger partial charge < -0.3 is 13.9 Å². The van der Waals surface area contributed by atoms with E-state index >= 15 is 0 Å². The maximum absolute atomic E-state index is 13.7. The second-order valence-corrected chi connectivity index (χ2v) is 10.8. The van der Waals surface area contributed by atoms with E-state index in [9.17, 15) is 4.39 Å². The highest BCUT2D eigenvalue weighted by molar-refractivity contribution is 6.10. The molecule has 0 fully saturated rings. The Bertz CT molecular complexity index is 2230. The molecular formula is C39H27FN2O. The Morgan fingerprint density at radius 3 is 2.19 bits per heavy atom. The number of aromatic nitrogens is 1. The third kappa shape index (κ3) is 4.19. The van der Waals surface area contributed by atoms with Gasteiger partial charge in [-0.2, -0.15) is 0 Å². The Hall–Kier alpha value is -5.61. The quantitative estimate of drug-likeness (QED) is 0.215. The second-order valence-electron chi connectivity index (χ2n) is 10.8. The van der Waals surface area contributed by atoms with Gasteiger partial charge in [-0.3, -0.25) is 0 Å². The monoisotopic (exact) mass is 558 g/mol. The Kier molecular flexibility index (Phi) is 5.86. The zero-order valence-corrected chi connectivity index (χ0v) is 23.4. The van der Waals surface area contributed by atoms with Crippen molar-refractivity contribution >= 4 is 49.7 Å². The van der Waals surface area contributed by atoms with Crippen LogP contribution in [0.3, 0.4) is 0 Å². The molecule has 2 aromatic heterocycles. The van der Waals surface area contributed by atoms with Crippen LogP contribution in [0.25, 0.3) is 55.2 Å². The van der Waals surface area contributed by atoms with E-state index in [0.717, 1.165) is 72.3 Å². The van der Waals surface area contributed by atoms with Crippen LogP contribution in [-0.2, 0) is 0 Å². The summed E-state index contributed by atoms with van der Waals surface area (Å²) in [5.74, 6) is 0.546. The van der Waals surface area contributed by atoms with E-state index in [2.05, 4.69) is 94.9 Å². The van der Waals surface area contributed by atoms with Crippen molar-refractivity contribution in [3.05, 3.63) is 158 Å². The molecule has 0 spiro atoms. The molecule has 0 saturated carbocycles. The van der Waals surface area contributed by atoms with Gasteiger partial charge in [0.2, 0.25) is 0 Å². The van der Waals surface area contributed by atoms with Crippen LogP contribution in [0.15, 0.2) is 151 Å². The summed E-state index contributed by atoms with van der Waals surface area (Å²) in [7, 11) is 0. The molecule has 0 radical (unpaired) electrons. The highest BCUT2D eigenvalue weighted by Gasteiger charge is 2.22. The van der Waals surface area contributed by atoms with Gasteiger partial charge >= 0.3 is 0 Å². The van der Waals surface area contributed by atoms with E-state index in [1.165, 1.54) is 12.1 Å². The minimum absolute atomic E-state index is 0.240. The molecule has 4 heteroatoms. The number of allylic oxidation sites excluding steroid dienone is 4. The zero-order valence-electron chi connectivity index (χ0n) is 23.4. The molecule has 0 amide bonds. The Morgan fingerprint density at radius 1 is 0.651 bits per heavy atom. The van der Waals surface area contributed by atoms with Gasteiger partial charge in [-0.05, 0) is 77.9 Å². The van der Waals surface area contributed by atoms with E-state index in [-0.39, 0.29) is 5.82 Å². The van der Waals surface area contributed by atoms with Gasteiger partial charge in [-0.1, -0.05) is 79.4 Å². The van der Waals surface area contributed by atoms with Crippen molar-refractivity contribution in [2.75, 3.05) is 11.4 Å². The van der Waals surface area contributed by atoms with Crippen LogP contribution in [0.2, 0.25) is 0 Å². The van der Waals surface area contributed by atoms with Crippen molar-refractivity contribution in [2.45, 2.75) is 0 Å². The molecule has 0 saturated heterocycles. The Morgan fingerprint density at radius 2 is 1.35 bits per heavy atom. The van der Waals surface area contributed by atoms with Crippen LogP contribution in [-0.4, -0.2) is 11.1 Å². The van der Waals surface area contributed by atoms with Crippen LogP contribution in [0.5, 0.6) is 0 Å². The third-order valence-electron chi connectivity index (χ3n) is 8.23. The van der Waals surface area contributed by atoms with Crippen LogP contribution in [0, 0.1) is 5.82 Å². The Labute approximate surface area is 248 Å². The summed E-state index contributed by atoms with van der Waals surface area (Å²) in [5, 5.41) is 3.39. The first kappa shape index (κ1) is 25.1. The van der Waals surface area contributed by atoms with Crippen molar-refractivity contribution < 1.29 is 8.81 Å². The predicted octanol–water partition coefficient (Wildman–Crippen LogP) is 10.6. The average Bonchev–Trinajstić information content (AvgIpc) is 3.61. The summed E-state index contributed by atoms with van der Waals surface area (Å²) in [4.78, 5) is 2.29. The molecule has 1 aliphatic rings. The second kappa shape index (κ2) is 10.0. The first-order chi connectivity index (χ1) is 21.2. The minimum Gasteiger partial charge on any atom is -0.454 e. The summed E-state index contributed by atoms with van der Waals surface area (Å²) in [6.45, 7) is 4.98. The van der Waals surface area contributed by atoms with Crippen molar-refractivity contribution in [2.24, 2.45) is 0 Å². The van der Waals surface area contributed by atoms with Crippen LogP contribution in [0.1, 0.15) is 5.76 Å². The number of furan rings is 1. The number of benzene rings is 5. The molecule has 5 aromatic carbocycles. The number of fused-ring (bicyclic) bond motifs is 6. The van der Waals surface area contributed by atoms with Crippen LogP contribution < -0.4 is 4.90 Å². The Balaban J connectivity index is 1.22. The van der Waals surface area contributed by atoms with E-state index in [1.807, 2.05) is 48.6 Å². The summed E-state index contributed by atoms with van der Waals surface area (Å²) >= 11 is 0. The summed E-state index contributed by atoms with van der Waals surface area (Å²) in [6, 6.07) is 38.5. The molecule has 43 heavy (non-hydrogen) atoms. The lowest BCUT2D eigenvalue weighted by molar-refractivity contribution is 0.601. The van der Waals surface area contributed by atoms with E-state index in [4.69, 9.17) is 4.42 Å². The molecule has 0 bridgehead atoms. The van der Waals surface area contributed by atoms with Gasteiger partial charge in [0, 0.05) is 39.7 Å². The average molecular weight is 559 g/mol. The molecule has 1 aliphatic heterocycles. The lowest BCUT2D eigenvalue weighted by atomic mass is 10.0. The van der Waals surface area contributed by atoms with Crippen LogP contribution >= 0.6 is 0 Å². The van der Waals surface area contributed by atoms with Gasteiger partial charge in [0.15, 0.2) is 5.76 Å².